The molecule has 0 bridgehead atoms. The number of thioether (sulfide) groups is 1. The van der Waals surface area contributed by atoms with E-state index in [0.29, 0.717) is 5.37 Å². The molecule has 0 spiro atoms. The van der Waals surface area contributed by atoms with Crippen molar-refractivity contribution in [1.29, 1.82) is 0 Å². The summed E-state index contributed by atoms with van der Waals surface area (Å²) in [5.74, 6) is 0. The Morgan fingerprint density at radius 1 is 1.70 bits per heavy atom. The van der Waals surface area contributed by atoms with Crippen molar-refractivity contribution >= 4 is 11.8 Å². The molecule has 0 aliphatic carbocycles. The lowest BCUT2D eigenvalue weighted by Gasteiger charge is -2.19. The van der Waals surface area contributed by atoms with Gasteiger partial charge in [-0.15, -0.1) is 11.8 Å². The minimum Gasteiger partial charge on any atom is -0.376 e. The summed E-state index contributed by atoms with van der Waals surface area (Å²) in [5, 5.41) is 3.79. The van der Waals surface area contributed by atoms with Crippen LogP contribution in [0.15, 0.2) is 23.9 Å². The fraction of sp³-hybridized carbons (Fsp3) is 0.500. The molecule has 10 heavy (non-hydrogen) atoms. The Morgan fingerprint density at radius 2 is 2.50 bits per heavy atom. The van der Waals surface area contributed by atoms with Crippen molar-refractivity contribution in [3.63, 3.8) is 0 Å². The van der Waals surface area contributed by atoms with E-state index in [0.717, 1.165) is 6.42 Å². The maximum Gasteiger partial charge on any atom is 0.0934 e. The van der Waals surface area contributed by atoms with E-state index >= 15 is 0 Å². The van der Waals surface area contributed by atoms with Crippen LogP contribution in [0.3, 0.4) is 0 Å². The van der Waals surface area contributed by atoms with Gasteiger partial charge in [0.1, 0.15) is 0 Å². The van der Waals surface area contributed by atoms with Crippen molar-refractivity contribution in [3.8, 4) is 0 Å². The quantitative estimate of drug-likeness (QED) is 0.655. The molecular weight excluding hydrogens is 142 g/mol. The van der Waals surface area contributed by atoms with Crippen LogP contribution in [-0.2, 0) is 0 Å². The summed E-state index contributed by atoms with van der Waals surface area (Å²) in [6, 6.07) is 0. The zero-order chi connectivity index (χ0) is 7.40. The van der Waals surface area contributed by atoms with E-state index in [4.69, 9.17) is 0 Å². The van der Waals surface area contributed by atoms with Crippen molar-refractivity contribution in [2.24, 2.45) is 0 Å². The summed E-state index contributed by atoms with van der Waals surface area (Å²) >= 11 is 1.85. The van der Waals surface area contributed by atoms with Crippen LogP contribution in [0.25, 0.3) is 0 Å². The van der Waals surface area contributed by atoms with Gasteiger partial charge in [0.05, 0.1) is 5.37 Å². The van der Waals surface area contributed by atoms with Gasteiger partial charge in [0.15, 0.2) is 0 Å². The number of allylic oxidation sites excluding steroid dienone is 2. The van der Waals surface area contributed by atoms with E-state index in [9.17, 15) is 0 Å². The van der Waals surface area contributed by atoms with E-state index in [1.165, 1.54) is 5.57 Å². The first-order valence-corrected chi connectivity index (χ1v) is 4.81. The number of rotatable bonds is 2. The molecule has 1 heterocycles. The summed E-state index contributed by atoms with van der Waals surface area (Å²) in [4.78, 5) is 0. The lowest BCUT2D eigenvalue weighted by atomic mass is 10.1. The van der Waals surface area contributed by atoms with E-state index in [1.807, 2.05) is 18.0 Å². The summed E-state index contributed by atoms with van der Waals surface area (Å²) in [6.07, 6.45) is 9.52. The van der Waals surface area contributed by atoms with Crippen molar-refractivity contribution < 1.29 is 0 Å². The van der Waals surface area contributed by atoms with Gasteiger partial charge < -0.3 is 5.32 Å². The summed E-state index contributed by atoms with van der Waals surface area (Å²) in [5.41, 5.74) is 1.48. The molecule has 1 aliphatic heterocycles. The molecular formula is C8H13NS. The molecule has 1 nitrogen and oxygen atoms in total. The van der Waals surface area contributed by atoms with Gasteiger partial charge in [0.25, 0.3) is 0 Å². The first-order chi connectivity index (χ1) is 4.88. The zero-order valence-corrected chi connectivity index (χ0v) is 7.24. The average Bonchev–Trinajstić information content (AvgIpc) is 2.04. The fourth-order valence-electron chi connectivity index (χ4n) is 1.03. The topological polar surface area (TPSA) is 12.0 Å². The van der Waals surface area contributed by atoms with Crippen molar-refractivity contribution in [2.45, 2.75) is 18.7 Å². The van der Waals surface area contributed by atoms with Crippen LogP contribution in [0.5, 0.6) is 0 Å². The second kappa shape index (κ2) is 3.71. The molecule has 0 aromatic heterocycles. The molecule has 1 N–H and O–H groups in total. The number of nitrogens with one attached hydrogen (secondary N) is 1. The first kappa shape index (κ1) is 7.73. The third-order valence-electron chi connectivity index (χ3n) is 1.63. The molecule has 2 heteroatoms. The third kappa shape index (κ3) is 1.57. The second-order valence-electron chi connectivity index (χ2n) is 2.24. The van der Waals surface area contributed by atoms with Gasteiger partial charge in [-0.2, -0.15) is 0 Å². The Hall–Kier alpha value is -0.370. The number of hydrogen-bond acceptors (Lipinski definition) is 2. The van der Waals surface area contributed by atoms with Gasteiger partial charge in [0, 0.05) is 0 Å². The SMILES string of the molecule is CCC1=CC=CNC1SC. The van der Waals surface area contributed by atoms with Gasteiger partial charge in [0.2, 0.25) is 0 Å². The zero-order valence-electron chi connectivity index (χ0n) is 6.42. The standard InChI is InChI=1S/C8H13NS/c1-3-7-5-4-6-9-8(7)10-2/h4-6,8-9H,3H2,1-2H3. The Labute approximate surface area is 66.6 Å². The van der Waals surface area contributed by atoms with E-state index in [1.54, 1.807) is 0 Å². The molecule has 0 amide bonds. The highest BCUT2D eigenvalue weighted by Gasteiger charge is 2.09. The molecule has 1 aliphatic rings. The molecule has 0 aromatic rings. The minimum atomic E-state index is 0.509. The average molecular weight is 155 g/mol. The smallest absolute Gasteiger partial charge is 0.0934 e. The van der Waals surface area contributed by atoms with Crippen LogP contribution in [0.1, 0.15) is 13.3 Å². The Bertz CT molecular complexity index is 161. The molecule has 56 valence electrons. The lowest BCUT2D eigenvalue weighted by Crippen LogP contribution is -2.24. The molecule has 1 rings (SSSR count). The highest BCUT2D eigenvalue weighted by atomic mass is 32.2. The van der Waals surface area contributed by atoms with Crippen molar-refractivity contribution in [2.75, 3.05) is 6.26 Å². The van der Waals surface area contributed by atoms with Crippen LogP contribution in [0.4, 0.5) is 0 Å². The third-order valence-corrected chi connectivity index (χ3v) is 2.55. The van der Waals surface area contributed by atoms with Gasteiger partial charge >= 0.3 is 0 Å². The van der Waals surface area contributed by atoms with Gasteiger partial charge in [-0.05, 0) is 30.5 Å². The Morgan fingerprint density at radius 3 is 3.00 bits per heavy atom. The van der Waals surface area contributed by atoms with Crippen LogP contribution < -0.4 is 5.32 Å². The molecule has 0 radical (unpaired) electrons. The number of dihydropyridines is 1. The molecule has 0 aromatic carbocycles. The monoisotopic (exact) mass is 155 g/mol. The van der Waals surface area contributed by atoms with Crippen LogP contribution >= 0.6 is 11.8 Å². The summed E-state index contributed by atoms with van der Waals surface area (Å²) in [6.45, 7) is 2.19. The predicted octanol–water partition coefficient (Wildman–Crippen LogP) is 2.13. The molecule has 0 saturated carbocycles. The normalized spacial score (nSPS) is 23.8. The molecule has 0 fully saturated rings. The van der Waals surface area contributed by atoms with Crippen molar-refractivity contribution in [3.05, 3.63) is 23.9 Å². The Balaban J connectivity index is 2.61. The van der Waals surface area contributed by atoms with E-state index in [-0.39, 0.29) is 0 Å². The predicted molar refractivity (Wildman–Crippen MR) is 48.0 cm³/mol. The molecule has 1 unspecified atom stereocenters. The second-order valence-corrected chi connectivity index (χ2v) is 3.18. The maximum atomic E-state index is 3.28. The highest BCUT2D eigenvalue weighted by Crippen LogP contribution is 2.19. The summed E-state index contributed by atoms with van der Waals surface area (Å²) < 4.78 is 0. The van der Waals surface area contributed by atoms with Crippen LogP contribution in [-0.4, -0.2) is 11.6 Å². The largest absolute Gasteiger partial charge is 0.376 e. The van der Waals surface area contributed by atoms with E-state index < -0.39 is 0 Å². The lowest BCUT2D eigenvalue weighted by molar-refractivity contribution is 0.824. The van der Waals surface area contributed by atoms with Gasteiger partial charge in [-0.3, -0.25) is 0 Å². The summed E-state index contributed by atoms with van der Waals surface area (Å²) in [7, 11) is 0. The Kier molecular flexibility index (Phi) is 2.87. The number of hydrogen-bond donors (Lipinski definition) is 1. The molecule has 0 saturated heterocycles. The fourth-order valence-corrected chi connectivity index (χ4v) is 1.79. The minimum absolute atomic E-state index is 0.509. The highest BCUT2D eigenvalue weighted by molar-refractivity contribution is 7.99. The van der Waals surface area contributed by atoms with Crippen LogP contribution in [0.2, 0.25) is 0 Å². The van der Waals surface area contributed by atoms with Gasteiger partial charge in [-0.25, -0.2) is 0 Å². The first-order valence-electron chi connectivity index (χ1n) is 3.53. The van der Waals surface area contributed by atoms with Crippen LogP contribution in [0, 0.1) is 0 Å². The van der Waals surface area contributed by atoms with Crippen molar-refractivity contribution in [1.82, 2.24) is 5.32 Å². The van der Waals surface area contributed by atoms with Gasteiger partial charge in [-0.1, -0.05) is 13.0 Å². The maximum absolute atomic E-state index is 3.28. The van der Waals surface area contributed by atoms with E-state index in [2.05, 4.69) is 30.6 Å². The molecule has 1 atom stereocenters.